The van der Waals surface area contributed by atoms with E-state index in [2.05, 4.69) is 33.1 Å². The van der Waals surface area contributed by atoms with E-state index in [0.29, 0.717) is 10.0 Å². The predicted octanol–water partition coefficient (Wildman–Crippen LogP) is 3.88. The van der Waals surface area contributed by atoms with Crippen molar-refractivity contribution >= 4 is 40.7 Å². The van der Waals surface area contributed by atoms with Gasteiger partial charge < -0.3 is 10.4 Å². The Labute approximate surface area is 146 Å². The summed E-state index contributed by atoms with van der Waals surface area (Å²) < 4.78 is 14.7. The van der Waals surface area contributed by atoms with Crippen LogP contribution < -0.4 is 5.32 Å². The van der Waals surface area contributed by atoms with Crippen molar-refractivity contribution in [3.8, 4) is 5.75 Å². The standard InChI is InChI=1S/C14H20BrFN2O.2ClH/c1-2-3-12(18-8-6-17-7-9-18)13-11(16)5-4-10(15)14(13)19;;/h4-5,12,17,19H,2-3,6-9H2,1H3;2*1H/t12-;;/m0../s1. The summed E-state index contributed by atoms with van der Waals surface area (Å²) in [6.45, 7) is 5.68. The topological polar surface area (TPSA) is 35.5 Å². The first-order valence-corrected chi connectivity index (χ1v) is 7.56. The molecule has 122 valence electrons. The van der Waals surface area contributed by atoms with Gasteiger partial charge in [-0.2, -0.15) is 0 Å². The van der Waals surface area contributed by atoms with Gasteiger partial charge in [0.15, 0.2) is 0 Å². The highest BCUT2D eigenvalue weighted by atomic mass is 79.9. The highest BCUT2D eigenvalue weighted by Gasteiger charge is 2.27. The Hall–Kier alpha value is -0.0700. The van der Waals surface area contributed by atoms with Crippen LogP contribution in [-0.4, -0.2) is 36.2 Å². The van der Waals surface area contributed by atoms with Gasteiger partial charge in [0.25, 0.3) is 0 Å². The summed E-state index contributed by atoms with van der Waals surface area (Å²) in [5, 5.41) is 13.5. The summed E-state index contributed by atoms with van der Waals surface area (Å²) in [6.07, 6.45) is 1.81. The summed E-state index contributed by atoms with van der Waals surface area (Å²) in [5.74, 6) is -0.283. The molecule has 1 aliphatic rings. The van der Waals surface area contributed by atoms with Crippen LogP contribution in [0.15, 0.2) is 16.6 Å². The number of phenols is 1. The van der Waals surface area contributed by atoms with Crippen LogP contribution in [0.3, 0.4) is 0 Å². The SMILES string of the molecule is CCC[C@@H](c1c(F)ccc(Br)c1O)N1CCNCC1.Cl.Cl. The molecular weight excluding hydrogens is 382 g/mol. The zero-order chi connectivity index (χ0) is 13.8. The third-order valence-corrected chi connectivity index (χ3v) is 4.24. The molecule has 0 saturated carbocycles. The first-order valence-electron chi connectivity index (χ1n) is 6.76. The number of benzene rings is 1. The lowest BCUT2D eigenvalue weighted by Gasteiger charge is -2.35. The van der Waals surface area contributed by atoms with Gasteiger partial charge in [0.2, 0.25) is 0 Å². The number of nitrogens with zero attached hydrogens (tertiary/aromatic N) is 1. The summed E-state index contributed by atoms with van der Waals surface area (Å²) in [5.41, 5.74) is 0.429. The number of phenolic OH excluding ortho intramolecular Hbond substituents is 1. The number of piperazine rings is 1. The second-order valence-corrected chi connectivity index (χ2v) is 5.74. The van der Waals surface area contributed by atoms with Gasteiger partial charge in [-0.25, -0.2) is 4.39 Å². The fourth-order valence-corrected chi connectivity index (χ4v) is 3.00. The summed E-state index contributed by atoms with van der Waals surface area (Å²) >= 11 is 3.28. The van der Waals surface area contributed by atoms with Gasteiger partial charge >= 0.3 is 0 Å². The average molecular weight is 404 g/mol. The Morgan fingerprint density at radius 3 is 2.52 bits per heavy atom. The van der Waals surface area contributed by atoms with Gasteiger partial charge in [0.1, 0.15) is 11.6 Å². The predicted molar refractivity (Wildman–Crippen MR) is 92.4 cm³/mol. The Kier molecular flexibility index (Phi) is 9.81. The lowest BCUT2D eigenvalue weighted by molar-refractivity contribution is 0.158. The summed E-state index contributed by atoms with van der Waals surface area (Å²) in [6, 6.07) is 2.92. The molecule has 3 nitrogen and oxygen atoms in total. The minimum atomic E-state index is -0.322. The van der Waals surface area contributed by atoms with Crippen molar-refractivity contribution in [2.24, 2.45) is 0 Å². The minimum absolute atomic E-state index is 0. The number of rotatable bonds is 4. The highest BCUT2D eigenvalue weighted by molar-refractivity contribution is 9.10. The molecular formula is C14H22BrCl2FN2O. The zero-order valence-corrected chi connectivity index (χ0v) is 15.2. The van der Waals surface area contributed by atoms with Gasteiger partial charge in [-0.3, -0.25) is 4.90 Å². The first kappa shape index (κ1) is 20.9. The Balaban J connectivity index is 0.00000200. The quantitative estimate of drug-likeness (QED) is 0.800. The minimum Gasteiger partial charge on any atom is -0.506 e. The van der Waals surface area contributed by atoms with Gasteiger partial charge in [-0.15, -0.1) is 24.8 Å². The van der Waals surface area contributed by atoms with Crippen molar-refractivity contribution in [1.82, 2.24) is 10.2 Å². The fraction of sp³-hybridized carbons (Fsp3) is 0.571. The molecule has 0 aliphatic carbocycles. The van der Waals surface area contributed by atoms with Crippen molar-refractivity contribution in [2.75, 3.05) is 26.2 Å². The Morgan fingerprint density at radius 2 is 1.95 bits per heavy atom. The number of hydrogen-bond donors (Lipinski definition) is 2. The second kappa shape index (κ2) is 9.85. The van der Waals surface area contributed by atoms with E-state index < -0.39 is 0 Å². The van der Waals surface area contributed by atoms with Crippen LogP contribution in [0.2, 0.25) is 0 Å². The largest absolute Gasteiger partial charge is 0.506 e. The molecule has 2 N–H and O–H groups in total. The molecule has 2 rings (SSSR count). The normalized spacial score (nSPS) is 16.7. The van der Waals surface area contributed by atoms with Crippen LogP contribution in [0.1, 0.15) is 31.4 Å². The second-order valence-electron chi connectivity index (χ2n) is 4.88. The highest BCUT2D eigenvalue weighted by Crippen LogP contribution is 2.38. The number of halogens is 4. The van der Waals surface area contributed by atoms with Crippen LogP contribution in [-0.2, 0) is 0 Å². The molecule has 1 aliphatic heterocycles. The van der Waals surface area contributed by atoms with Crippen molar-refractivity contribution in [2.45, 2.75) is 25.8 Å². The average Bonchev–Trinajstić information content (AvgIpc) is 2.43. The van der Waals surface area contributed by atoms with E-state index in [-0.39, 0.29) is 42.4 Å². The van der Waals surface area contributed by atoms with Crippen LogP contribution in [0.5, 0.6) is 5.75 Å². The van der Waals surface area contributed by atoms with E-state index in [1.165, 1.54) is 6.07 Å². The molecule has 21 heavy (non-hydrogen) atoms. The Morgan fingerprint density at radius 1 is 1.33 bits per heavy atom. The summed E-state index contributed by atoms with van der Waals surface area (Å²) in [7, 11) is 0. The monoisotopic (exact) mass is 402 g/mol. The molecule has 0 aromatic heterocycles. The molecule has 1 fully saturated rings. The number of nitrogens with one attached hydrogen (secondary N) is 1. The molecule has 0 amide bonds. The van der Waals surface area contributed by atoms with Crippen molar-refractivity contribution < 1.29 is 9.50 Å². The van der Waals surface area contributed by atoms with Gasteiger partial charge in [0.05, 0.1) is 4.47 Å². The molecule has 0 unspecified atom stereocenters. The van der Waals surface area contributed by atoms with Crippen LogP contribution in [0, 0.1) is 5.82 Å². The molecule has 1 heterocycles. The molecule has 1 aromatic rings. The maximum absolute atomic E-state index is 14.1. The zero-order valence-electron chi connectivity index (χ0n) is 11.9. The maximum Gasteiger partial charge on any atom is 0.137 e. The lowest BCUT2D eigenvalue weighted by atomic mass is 9.98. The van der Waals surface area contributed by atoms with E-state index in [4.69, 9.17) is 0 Å². The molecule has 1 aromatic carbocycles. The van der Waals surface area contributed by atoms with E-state index in [1.807, 2.05) is 0 Å². The molecule has 1 saturated heterocycles. The molecule has 7 heteroatoms. The van der Waals surface area contributed by atoms with Gasteiger partial charge in [-0.1, -0.05) is 13.3 Å². The van der Waals surface area contributed by atoms with E-state index in [1.54, 1.807) is 6.07 Å². The lowest BCUT2D eigenvalue weighted by Crippen LogP contribution is -2.45. The van der Waals surface area contributed by atoms with Crippen molar-refractivity contribution in [3.05, 3.63) is 28.0 Å². The third kappa shape index (κ3) is 4.96. The van der Waals surface area contributed by atoms with E-state index in [9.17, 15) is 9.50 Å². The van der Waals surface area contributed by atoms with Crippen molar-refractivity contribution in [1.29, 1.82) is 0 Å². The molecule has 1 atom stereocenters. The molecule has 0 bridgehead atoms. The van der Waals surface area contributed by atoms with Crippen molar-refractivity contribution in [3.63, 3.8) is 0 Å². The number of aromatic hydroxyl groups is 1. The third-order valence-electron chi connectivity index (χ3n) is 3.60. The van der Waals surface area contributed by atoms with Gasteiger partial charge in [-0.05, 0) is 34.5 Å². The Bertz CT molecular complexity index is 445. The smallest absolute Gasteiger partial charge is 0.137 e. The molecule has 0 spiro atoms. The molecule has 0 radical (unpaired) electrons. The van der Waals surface area contributed by atoms with E-state index in [0.717, 1.165) is 39.0 Å². The van der Waals surface area contributed by atoms with Crippen LogP contribution in [0.4, 0.5) is 4.39 Å². The number of hydrogen-bond acceptors (Lipinski definition) is 3. The summed E-state index contributed by atoms with van der Waals surface area (Å²) in [4.78, 5) is 2.25. The van der Waals surface area contributed by atoms with E-state index >= 15 is 0 Å². The van der Waals surface area contributed by atoms with Crippen LogP contribution >= 0.6 is 40.7 Å². The van der Waals surface area contributed by atoms with Crippen LogP contribution in [0.25, 0.3) is 0 Å². The first-order chi connectivity index (χ1) is 9.15. The maximum atomic E-state index is 14.1. The fourth-order valence-electron chi connectivity index (χ4n) is 2.65. The van der Waals surface area contributed by atoms with Gasteiger partial charge in [0, 0.05) is 37.8 Å².